The molecule has 3 aromatic heterocycles. The molecule has 0 N–H and O–H groups in total. The lowest BCUT2D eigenvalue weighted by atomic mass is 10.2. The average Bonchev–Trinajstić information content (AvgIpc) is 3.51. The molecule has 0 bridgehead atoms. The lowest BCUT2D eigenvalue weighted by Gasteiger charge is -2.11. The van der Waals surface area contributed by atoms with E-state index in [1.807, 2.05) is 34.9 Å². The van der Waals surface area contributed by atoms with Gasteiger partial charge in [-0.25, -0.2) is 4.98 Å². The van der Waals surface area contributed by atoms with E-state index < -0.39 is 0 Å². The van der Waals surface area contributed by atoms with Gasteiger partial charge in [0.2, 0.25) is 11.8 Å². The van der Waals surface area contributed by atoms with Crippen molar-refractivity contribution in [2.75, 3.05) is 0 Å². The normalized spacial score (nSPS) is 13.2. The molecule has 0 amide bonds. The number of aromatic nitrogens is 4. The second kappa shape index (κ2) is 9.58. The molecule has 4 aromatic rings. The Bertz CT molecular complexity index is 1280. The van der Waals surface area contributed by atoms with Gasteiger partial charge in [0.15, 0.2) is 5.16 Å². The van der Waals surface area contributed by atoms with E-state index in [0.717, 1.165) is 59.5 Å². The molecule has 0 fully saturated rings. The van der Waals surface area contributed by atoms with Crippen LogP contribution in [0.2, 0.25) is 0 Å². The monoisotopic (exact) mass is 466 g/mol. The largest absolute Gasteiger partial charge is 0.424 e. The van der Waals surface area contributed by atoms with Crippen LogP contribution in [0.3, 0.4) is 0 Å². The predicted octanol–water partition coefficient (Wildman–Crippen LogP) is 5.40. The highest BCUT2D eigenvalue weighted by molar-refractivity contribution is 7.98. The number of rotatable bonds is 9. The average molecular weight is 467 g/mol. The van der Waals surface area contributed by atoms with Gasteiger partial charge in [-0.05, 0) is 36.8 Å². The Balaban J connectivity index is 1.38. The van der Waals surface area contributed by atoms with Gasteiger partial charge < -0.3 is 4.42 Å². The summed E-state index contributed by atoms with van der Waals surface area (Å²) in [7, 11) is 0. The highest BCUT2D eigenvalue weighted by atomic mass is 32.2. The zero-order chi connectivity index (χ0) is 21.9. The van der Waals surface area contributed by atoms with Crippen molar-refractivity contribution >= 4 is 33.3 Å². The van der Waals surface area contributed by atoms with Gasteiger partial charge in [0.05, 0.1) is 17.6 Å². The van der Waals surface area contributed by atoms with Crippen molar-refractivity contribution in [1.82, 2.24) is 19.7 Å². The van der Waals surface area contributed by atoms with Crippen LogP contribution in [0.25, 0.3) is 10.2 Å². The van der Waals surface area contributed by atoms with Gasteiger partial charge in [-0.1, -0.05) is 61.9 Å². The molecule has 0 radical (unpaired) electrons. The molecule has 0 saturated carbocycles. The maximum absolute atomic E-state index is 13.4. The van der Waals surface area contributed by atoms with Crippen LogP contribution in [-0.2, 0) is 31.6 Å². The molecule has 32 heavy (non-hydrogen) atoms. The molecule has 8 heteroatoms. The Morgan fingerprint density at radius 3 is 2.81 bits per heavy atom. The van der Waals surface area contributed by atoms with E-state index in [0.29, 0.717) is 30.5 Å². The van der Waals surface area contributed by atoms with E-state index in [2.05, 4.69) is 17.1 Å². The van der Waals surface area contributed by atoms with Crippen molar-refractivity contribution in [3.05, 3.63) is 68.5 Å². The highest BCUT2D eigenvalue weighted by Crippen LogP contribution is 2.36. The first-order valence-corrected chi connectivity index (χ1v) is 13.1. The summed E-state index contributed by atoms with van der Waals surface area (Å²) in [6, 6.07) is 10.1. The third-order valence-corrected chi connectivity index (χ3v) is 7.95. The van der Waals surface area contributed by atoms with E-state index in [9.17, 15) is 4.79 Å². The molecule has 6 nitrogen and oxygen atoms in total. The van der Waals surface area contributed by atoms with Crippen LogP contribution in [0.5, 0.6) is 0 Å². The van der Waals surface area contributed by atoms with Crippen molar-refractivity contribution in [1.29, 1.82) is 0 Å². The fourth-order valence-corrected chi connectivity index (χ4v) is 6.37. The lowest BCUT2D eigenvalue weighted by molar-refractivity contribution is 0.473. The lowest BCUT2D eigenvalue weighted by Crippen LogP contribution is -2.23. The molecule has 0 spiro atoms. The first-order valence-electron chi connectivity index (χ1n) is 11.3. The number of thiophene rings is 1. The Labute approximate surface area is 195 Å². The maximum Gasteiger partial charge on any atom is 0.263 e. The number of unbranched alkanes of at least 4 members (excludes halogenated alkanes) is 2. The zero-order valence-corrected chi connectivity index (χ0v) is 19.8. The zero-order valence-electron chi connectivity index (χ0n) is 18.2. The van der Waals surface area contributed by atoms with Gasteiger partial charge in [-0.3, -0.25) is 9.36 Å². The summed E-state index contributed by atoms with van der Waals surface area (Å²) in [6.45, 7) is 2.87. The number of benzene rings is 1. The Morgan fingerprint density at radius 2 is 1.97 bits per heavy atom. The van der Waals surface area contributed by atoms with Crippen molar-refractivity contribution in [2.45, 2.75) is 69.3 Å². The smallest absolute Gasteiger partial charge is 0.263 e. The molecule has 1 aliphatic carbocycles. The SMILES string of the molecule is CCCCCn1c(SCc2nnc(Cc3ccccc3)o2)nc2sc3c(c2c1=O)CCC3. The molecule has 3 heterocycles. The summed E-state index contributed by atoms with van der Waals surface area (Å²) in [5.74, 6) is 1.66. The Hall–Kier alpha value is -2.45. The van der Waals surface area contributed by atoms with Gasteiger partial charge in [0, 0.05) is 11.4 Å². The first kappa shape index (κ1) is 21.4. The van der Waals surface area contributed by atoms with Crippen molar-refractivity contribution in [2.24, 2.45) is 0 Å². The molecular weight excluding hydrogens is 440 g/mol. The summed E-state index contributed by atoms with van der Waals surface area (Å²) in [5.41, 5.74) is 2.49. The minimum Gasteiger partial charge on any atom is -0.424 e. The van der Waals surface area contributed by atoms with Crippen LogP contribution in [0, 0.1) is 0 Å². The van der Waals surface area contributed by atoms with Crippen LogP contribution >= 0.6 is 23.1 Å². The third kappa shape index (κ3) is 4.38. The molecule has 1 aliphatic rings. The molecule has 0 atom stereocenters. The molecule has 0 aliphatic heterocycles. The van der Waals surface area contributed by atoms with E-state index in [1.165, 1.54) is 22.2 Å². The van der Waals surface area contributed by atoms with Crippen LogP contribution in [0.1, 0.15) is 60.4 Å². The standard InChI is InChI=1S/C24H26N4O2S2/c1-2-3-7-13-28-23(29)21-17-11-8-12-18(17)32-22(21)25-24(28)31-15-20-27-26-19(30-20)14-16-9-5-4-6-10-16/h4-6,9-10H,2-3,7-8,11-15H2,1H3. The van der Waals surface area contributed by atoms with Crippen LogP contribution in [0.4, 0.5) is 0 Å². The van der Waals surface area contributed by atoms with E-state index in [4.69, 9.17) is 9.40 Å². The number of hydrogen-bond donors (Lipinski definition) is 0. The number of hydrogen-bond acceptors (Lipinski definition) is 7. The fraction of sp³-hybridized carbons (Fsp3) is 0.417. The van der Waals surface area contributed by atoms with Gasteiger partial charge in [-0.15, -0.1) is 21.5 Å². The molecule has 0 unspecified atom stereocenters. The number of fused-ring (bicyclic) bond motifs is 3. The third-order valence-electron chi connectivity index (χ3n) is 5.81. The predicted molar refractivity (Wildman–Crippen MR) is 129 cm³/mol. The van der Waals surface area contributed by atoms with Crippen LogP contribution in [-0.4, -0.2) is 19.7 Å². The number of thioether (sulfide) groups is 1. The number of nitrogens with zero attached hydrogens (tertiary/aromatic N) is 4. The van der Waals surface area contributed by atoms with Gasteiger partial charge in [0.1, 0.15) is 4.83 Å². The van der Waals surface area contributed by atoms with E-state index in [1.54, 1.807) is 11.3 Å². The van der Waals surface area contributed by atoms with E-state index in [-0.39, 0.29) is 5.56 Å². The Kier molecular flexibility index (Phi) is 6.41. The topological polar surface area (TPSA) is 73.8 Å². The molecule has 166 valence electrons. The summed E-state index contributed by atoms with van der Waals surface area (Å²) < 4.78 is 7.73. The Morgan fingerprint density at radius 1 is 1.12 bits per heavy atom. The van der Waals surface area contributed by atoms with Gasteiger partial charge in [0.25, 0.3) is 5.56 Å². The van der Waals surface area contributed by atoms with Crippen LogP contribution < -0.4 is 5.56 Å². The first-order chi connectivity index (χ1) is 15.7. The summed E-state index contributed by atoms with van der Waals surface area (Å²) in [6.07, 6.45) is 7.03. The van der Waals surface area contributed by atoms with Gasteiger partial charge in [-0.2, -0.15) is 0 Å². The van der Waals surface area contributed by atoms with Crippen LogP contribution in [0.15, 0.2) is 44.7 Å². The summed E-state index contributed by atoms with van der Waals surface area (Å²) in [4.78, 5) is 20.6. The van der Waals surface area contributed by atoms with Gasteiger partial charge >= 0.3 is 0 Å². The quantitative estimate of drug-likeness (QED) is 0.187. The molecule has 0 saturated heterocycles. The summed E-state index contributed by atoms with van der Waals surface area (Å²) >= 11 is 3.20. The number of aryl methyl sites for hydroxylation is 2. The van der Waals surface area contributed by atoms with Crippen molar-refractivity contribution in [3.63, 3.8) is 0 Å². The van der Waals surface area contributed by atoms with E-state index >= 15 is 0 Å². The molecular formula is C24H26N4O2S2. The van der Waals surface area contributed by atoms with Crippen molar-refractivity contribution < 1.29 is 4.42 Å². The fourth-order valence-electron chi connectivity index (χ4n) is 4.20. The highest BCUT2D eigenvalue weighted by Gasteiger charge is 2.23. The maximum atomic E-state index is 13.4. The molecule has 5 rings (SSSR count). The minimum atomic E-state index is 0.114. The summed E-state index contributed by atoms with van der Waals surface area (Å²) in [5, 5.41) is 10.0. The second-order valence-corrected chi connectivity index (χ2v) is 10.2. The minimum absolute atomic E-state index is 0.114. The van der Waals surface area contributed by atoms with Crippen molar-refractivity contribution in [3.8, 4) is 0 Å². The second-order valence-electron chi connectivity index (χ2n) is 8.14. The molecule has 1 aromatic carbocycles.